The highest BCUT2D eigenvalue weighted by Gasteiger charge is 2.25. The molecule has 0 aliphatic rings. The maximum Gasteiger partial charge on any atom is 0.242 e. The molecule has 0 aliphatic heterocycles. The molecule has 0 aliphatic carbocycles. The van der Waals surface area contributed by atoms with Gasteiger partial charge in [0.25, 0.3) is 0 Å². The van der Waals surface area contributed by atoms with Crippen molar-refractivity contribution in [3.63, 3.8) is 0 Å². The molecule has 1 atom stereocenters. The molecule has 0 bridgehead atoms. The van der Waals surface area contributed by atoms with E-state index in [0.717, 1.165) is 17.3 Å². The summed E-state index contributed by atoms with van der Waals surface area (Å²) in [5.41, 5.74) is 1.50. The van der Waals surface area contributed by atoms with Crippen LogP contribution < -0.4 is 5.43 Å². The van der Waals surface area contributed by atoms with Gasteiger partial charge in [-0.3, -0.25) is 9.89 Å². The third-order valence-electron chi connectivity index (χ3n) is 4.85. The smallest absolute Gasteiger partial charge is 0.242 e. The number of aliphatic hydroxyl groups is 1. The summed E-state index contributed by atoms with van der Waals surface area (Å²) in [5, 5.41) is 27.6. The summed E-state index contributed by atoms with van der Waals surface area (Å²) in [6, 6.07) is 19.6. The number of nitrogens with zero attached hydrogens (tertiary/aromatic N) is 3. The second kappa shape index (κ2) is 8.12. The molecule has 146 valence electrons. The highest BCUT2D eigenvalue weighted by atomic mass is 16.3. The van der Waals surface area contributed by atoms with Gasteiger partial charge in [-0.25, -0.2) is 4.98 Å². The van der Waals surface area contributed by atoms with Crippen LogP contribution in [0.1, 0.15) is 17.0 Å². The van der Waals surface area contributed by atoms with Crippen molar-refractivity contribution in [1.82, 2.24) is 19.7 Å². The van der Waals surface area contributed by atoms with E-state index >= 15 is 0 Å². The zero-order valence-corrected chi connectivity index (χ0v) is 15.5. The van der Waals surface area contributed by atoms with E-state index < -0.39 is 17.3 Å². The van der Waals surface area contributed by atoms with E-state index in [-0.39, 0.29) is 18.2 Å². The van der Waals surface area contributed by atoms with Gasteiger partial charge < -0.3 is 14.8 Å². The first-order valence-electron chi connectivity index (χ1n) is 9.21. The Bertz CT molecular complexity index is 1100. The molecule has 29 heavy (non-hydrogen) atoms. The monoisotopic (exact) mass is 388 g/mol. The predicted molar refractivity (Wildman–Crippen MR) is 108 cm³/mol. The Balaban J connectivity index is 1.70. The number of aromatic amines is 1. The fraction of sp³-hybridized carbons (Fsp3) is 0.136. The lowest BCUT2D eigenvalue weighted by Crippen LogP contribution is -2.25. The van der Waals surface area contributed by atoms with Crippen LogP contribution >= 0.6 is 0 Å². The van der Waals surface area contributed by atoms with Crippen LogP contribution in [0.5, 0.6) is 5.75 Å². The van der Waals surface area contributed by atoms with Crippen molar-refractivity contribution in [2.75, 3.05) is 0 Å². The molecule has 0 spiro atoms. The Hall–Kier alpha value is -3.71. The molecule has 0 amide bonds. The molecule has 7 heteroatoms. The van der Waals surface area contributed by atoms with E-state index in [1.807, 2.05) is 60.7 Å². The highest BCUT2D eigenvalue weighted by molar-refractivity contribution is 5.57. The number of nitrogens with one attached hydrogen (secondary N) is 1. The minimum Gasteiger partial charge on any atom is -0.503 e. The van der Waals surface area contributed by atoms with E-state index in [4.69, 9.17) is 0 Å². The molecule has 1 unspecified atom stereocenters. The van der Waals surface area contributed by atoms with E-state index in [1.165, 1.54) is 0 Å². The Labute approximate surface area is 166 Å². The van der Waals surface area contributed by atoms with E-state index in [1.54, 1.807) is 17.0 Å². The highest BCUT2D eigenvalue weighted by Crippen LogP contribution is 2.30. The standard InChI is InChI=1S/C22H20N4O3/c27-17-13-24-25-20(21(17)29)22-23-11-12-26(22)14-18(28)19(15-7-3-1-4-8-15)16-9-5-2-6-10-16/h1-13,18-19,28H,14H2,(H,24,29)(H,25,27). The Kier molecular flexibility index (Phi) is 5.22. The van der Waals surface area contributed by atoms with E-state index in [0.29, 0.717) is 5.82 Å². The minimum absolute atomic E-state index is 0.116. The van der Waals surface area contributed by atoms with Crippen LogP contribution in [0, 0.1) is 0 Å². The van der Waals surface area contributed by atoms with Crippen molar-refractivity contribution < 1.29 is 10.2 Å². The average Bonchev–Trinajstić information content (AvgIpc) is 3.19. The number of aliphatic hydroxyl groups excluding tert-OH is 1. The topological polar surface area (TPSA) is 104 Å². The molecule has 0 radical (unpaired) electrons. The van der Waals surface area contributed by atoms with Gasteiger partial charge in [0.15, 0.2) is 11.6 Å². The number of rotatable bonds is 6. The zero-order valence-electron chi connectivity index (χ0n) is 15.5. The zero-order chi connectivity index (χ0) is 20.2. The molecule has 2 aromatic carbocycles. The third kappa shape index (κ3) is 3.81. The summed E-state index contributed by atoms with van der Waals surface area (Å²) in [6.07, 6.45) is 3.46. The van der Waals surface area contributed by atoms with Crippen molar-refractivity contribution >= 4 is 0 Å². The van der Waals surface area contributed by atoms with E-state index in [9.17, 15) is 15.0 Å². The SMILES string of the molecule is O=c1cn[nH]c(-c2nccn2CC(O)C(c2ccccc2)c2ccccc2)c1O. The first kappa shape index (κ1) is 18.6. The largest absolute Gasteiger partial charge is 0.503 e. The van der Waals surface area contributed by atoms with Crippen LogP contribution in [0.2, 0.25) is 0 Å². The maximum absolute atomic E-state index is 11.7. The van der Waals surface area contributed by atoms with Gasteiger partial charge in [-0.1, -0.05) is 60.7 Å². The average molecular weight is 388 g/mol. The number of aromatic hydroxyl groups is 1. The van der Waals surface area contributed by atoms with Gasteiger partial charge in [0, 0.05) is 18.3 Å². The number of hydrogen-bond donors (Lipinski definition) is 3. The van der Waals surface area contributed by atoms with Gasteiger partial charge in [0.05, 0.1) is 18.8 Å². The quantitative estimate of drug-likeness (QED) is 0.471. The van der Waals surface area contributed by atoms with Gasteiger partial charge in [-0.05, 0) is 11.1 Å². The molecule has 4 rings (SSSR count). The first-order valence-corrected chi connectivity index (χ1v) is 9.21. The van der Waals surface area contributed by atoms with E-state index in [2.05, 4.69) is 15.2 Å². The molecule has 3 N–H and O–H groups in total. The Morgan fingerprint density at radius 3 is 2.24 bits per heavy atom. The summed E-state index contributed by atoms with van der Waals surface area (Å²) in [5.74, 6) is -0.384. The van der Waals surface area contributed by atoms with Crippen LogP contribution in [0.3, 0.4) is 0 Å². The van der Waals surface area contributed by atoms with Gasteiger partial charge in [-0.2, -0.15) is 5.10 Å². The first-order chi connectivity index (χ1) is 14.1. The van der Waals surface area contributed by atoms with Gasteiger partial charge in [0.1, 0.15) is 5.69 Å². The summed E-state index contributed by atoms with van der Waals surface area (Å²) in [4.78, 5) is 16.0. The minimum atomic E-state index is -0.779. The van der Waals surface area contributed by atoms with Crippen LogP contribution in [0.4, 0.5) is 0 Å². The van der Waals surface area contributed by atoms with Crippen molar-refractivity contribution in [1.29, 1.82) is 0 Å². The summed E-state index contributed by atoms with van der Waals surface area (Å²) >= 11 is 0. The molecule has 4 aromatic rings. The number of aromatic nitrogens is 4. The third-order valence-corrected chi connectivity index (χ3v) is 4.85. The molecular weight excluding hydrogens is 368 g/mol. The van der Waals surface area contributed by atoms with Crippen LogP contribution in [0.25, 0.3) is 11.5 Å². The second-order valence-corrected chi connectivity index (χ2v) is 6.73. The molecule has 0 saturated heterocycles. The lowest BCUT2D eigenvalue weighted by molar-refractivity contribution is 0.137. The number of imidazole rings is 1. The number of benzene rings is 2. The summed E-state index contributed by atoms with van der Waals surface area (Å²) in [6.45, 7) is 0.208. The molecule has 0 saturated carbocycles. The fourth-order valence-corrected chi connectivity index (χ4v) is 3.50. The predicted octanol–water partition coefficient (Wildman–Crippen LogP) is 2.53. The van der Waals surface area contributed by atoms with Crippen LogP contribution in [-0.4, -0.2) is 36.1 Å². The number of hydrogen-bond acceptors (Lipinski definition) is 5. The van der Waals surface area contributed by atoms with Crippen molar-refractivity contribution in [3.8, 4) is 17.3 Å². The van der Waals surface area contributed by atoms with Gasteiger partial charge in [0.2, 0.25) is 5.43 Å². The summed E-state index contributed by atoms with van der Waals surface area (Å²) < 4.78 is 1.69. The van der Waals surface area contributed by atoms with Crippen LogP contribution in [-0.2, 0) is 6.54 Å². The van der Waals surface area contributed by atoms with Crippen molar-refractivity contribution in [2.45, 2.75) is 18.6 Å². The Morgan fingerprint density at radius 1 is 1.00 bits per heavy atom. The molecular formula is C22H20N4O3. The molecule has 7 nitrogen and oxygen atoms in total. The van der Waals surface area contributed by atoms with Crippen LogP contribution in [0.15, 0.2) is 84.0 Å². The fourth-order valence-electron chi connectivity index (χ4n) is 3.50. The lowest BCUT2D eigenvalue weighted by atomic mass is 9.86. The number of H-pyrrole nitrogens is 1. The lowest BCUT2D eigenvalue weighted by Gasteiger charge is -2.25. The second-order valence-electron chi connectivity index (χ2n) is 6.73. The van der Waals surface area contributed by atoms with Gasteiger partial charge in [-0.15, -0.1) is 0 Å². The molecule has 2 heterocycles. The van der Waals surface area contributed by atoms with Crippen molar-refractivity contribution in [3.05, 3.63) is 101 Å². The normalized spacial score (nSPS) is 12.2. The Morgan fingerprint density at radius 2 is 1.62 bits per heavy atom. The van der Waals surface area contributed by atoms with Crippen molar-refractivity contribution in [2.24, 2.45) is 0 Å². The molecule has 0 fully saturated rings. The summed E-state index contributed by atoms with van der Waals surface area (Å²) in [7, 11) is 0. The van der Waals surface area contributed by atoms with Gasteiger partial charge >= 0.3 is 0 Å². The molecule has 2 aromatic heterocycles. The maximum atomic E-state index is 11.7.